The summed E-state index contributed by atoms with van der Waals surface area (Å²) in [6.07, 6.45) is 3.26. The molecule has 0 saturated heterocycles. The molecule has 1 heterocycles. The third-order valence-corrected chi connectivity index (χ3v) is 3.71. The van der Waals surface area contributed by atoms with E-state index in [0.717, 1.165) is 5.56 Å². The van der Waals surface area contributed by atoms with Crippen LogP contribution in [0.15, 0.2) is 35.0 Å². The fourth-order valence-electron chi connectivity index (χ4n) is 1.68. The van der Waals surface area contributed by atoms with Crippen molar-refractivity contribution in [3.8, 4) is 11.5 Å². The highest BCUT2D eigenvalue weighted by Gasteiger charge is 2.14. The number of hydrogen-bond donors (Lipinski definition) is 0. The van der Waals surface area contributed by atoms with Crippen molar-refractivity contribution < 1.29 is 14.3 Å². The van der Waals surface area contributed by atoms with E-state index in [4.69, 9.17) is 21.1 Å². The number of carbonyl (C=O) groups excluding carboxylic acids is 1. The van der Waals surface area contributed by atoms with Gasteiger partial charge in [-0.05, 0) is 34.5 Å². The summed E-state index contributed by atoms with van der Waals surface area (Å²) in [7, 11) is 3.01. The Kier molecular flexibility index (Phi) is 4.82. The highest BCUT2D eigenvalue weighted by Crippen LogP contribution is 2.33. The first-order valence-electron chi connectivity index (χ1n) is 5.82. The van der Waals surface area contributed by atoms with Crippen LogP contribution in [-0.2, 0) is 0 Å². The van der Waals surface area contributed by atoms with Crippen LogP contribution < -0.4 is 9.47 Å². The number of thiophene rings is 1. The van der Waals surface area contributed by atoms with Crippen molar-refractivity contribution in [2.75, 3.05) is 14.2 Å². The fraction of sp³-hybridized carbons (Fsp3) is 0.133. The molecule has 5 heteroatoms. The monoisotopic (exact) mass is 308 g/mol. The van der Waals surface area contributed by atoms with Gasteiger partial charge in [0, 0.05) is 6.07 Å². The second kappa shape index (κ2) is 6.59. The van der Waals surface area contributed by atoms with Crippen molar-refractivity contribution in [1.82, 2.24) is 0 Å². The number of halogens is 1. The molecule has 1 aromatic heterocycles. The molecule has 0 amide bonds. The maximum absolute atomic E-state index is 12.2. The van der Waals surface area contributed by atoms with Gasteiger partial charge in [0.2, 0.25) is 0 Å². The van der Waals surface area contributed by atoms with Gasteiger partial charge >= 0.3 is 0 Å². The van der Waals surface area contributed by atoms with Crippen LogP contribution in [0.1, 0.15) is 15.9 Å². The zero-order valence-corrected chi connectivity index (χ0v) is 12.6. The van der Waals surface area contributed by atoms with E-state index >= 15 is 0 Å². The third kappa shape index (κ3) is 3.21. The Labute approximate surface area is 126 Å². The molecule has 0 aliphatic carbocycles. The largest absolute Gasteiger partial charge is 0.496 e. The average molecular weight is 309 g/mol. The average Bonchev–Trinajstić information content (AvgIpc) is 2.97. The molecule has 0 saturated carbocycles. The SMILES string of the molecule is COc1cc(OC)c(C(=O)/C=C/c2ccsc2)cc1Cl. The van der Waals surface area contributed by atoms with Crippen molar-refractivity contribution in [1.29, 1.82) is 0 Å². The molecule has 0 bridgehead atoms. The molecular weight excluding hydrogens is 296 g/mol. The molecule has 0 N–H and O–H groups in total. The number of rotatable bonds is 5. The minimum Gasteiger partial charge on any atom is -0.496 e. The lowest BCUT2D eigenvalue weighted by atomic mass is 10.1. The predicted molar refractivity (Wildman–Crippen MR) is 82.2 cm³/mol. The van der Waals surface area contributed by atoms with Gasteiger partial charge in [-0.15, -0.1) is 0 Å². The number of allylic oxidation sites excluding steroid dienone is 1. The quantitative estimate of drug-likeness (QED) is 0.610. The molecule has 20 heavy (non-hydrogen) atoms. The Hall–Kier alpha value is -1.78. The zero-order chi connectivity index (χ0) is 14.5. The van der Waals surface area contributed by atoms with Crippen LogP contribution in [0, 0.1) is 0 Å². The summed E-state index contributed by atoms with van der Waals surface area (Å²) >= 11 is 7.62. The van der Waals surface area contributed by atoms with Crippen molar-refractivity contribution in [3.05, 3.63) is 51.2 Å². The minimum absolute atomic E-state index is 0.169. The van der Waals surface area contributed by atoms with Crippen LogP contribution in [0.25, 0.3) is 6.08 Å². The Morgan fingerprint density at radius 2 is 2.00 bits per heavy atom. The van der Waals surface area contributed by atoms with E-state index < -0.39 is 0 Å². The summed E-state index contributed by atoms with van der Waals surface area (Å²) in [5.41, 5.74) is 1.40. The summed E-state index contributed by atoms with van der Waals surface area (Å²) < 4.78 is 10.3. The topological polar surface area (TPSA) is 35.5 Å². The van der Waals surface area contributed by atoms with Gasteiger partial charge in [-0.2, -0.15) is 11.3 Å². The van der Waals surface area contributed by atoms with Gasteiger partial charge in [0.15, 0.2) is 5.78 Å². The molecule has 2 aromatic rings. The fourth-order valence-corrected chi connectivity index (χ4v) is 2.55. The lowest BCUT2D eigenvalue weighted by Crippen LogP contribution is -2.00. The van der Waals surface area contributed by atoms with Crippen LogP contribution in [0.3, 0.4) is 0 Å². The van der Waals surface area contributed by atoms with E-state index in [1.165, 1.54) is 20.3 Å². The molecule has 1 aromatic carbocycles. The first-order chi connectivity index (χ1) is 9.65. The van der Waals surface area contributed by atoms with E-state index in [0.29, 0.717) is 22.1 Å². The molecule has 2 rings (SSSR count). The Balaban J connectivity index is 2.31. The van der Waals surface area contributed by atoms with Crippen molar-refractivity contribution in [2.24, 2.45) is 0 Å². The number of methoxy groups -OCH3 is 2. The summed E-state index contributed by atoms with van der Waals surface area (Å²) in [6.45, 7) is 0. The van der Waals surface area contributed by atoms with Gasteiger partial charge in [-0.3, -0.25) is 4.79 Å². The van der Waals surface area contributed by atoms with E-state index in [9.17, 15) is 4.79 Å². The highest BCUT2D eigenvalue weighted by molar-refractivity contribution is 7.08. The molecule has 0 aliphatic heterocycles. The lowest BCUT2D eigenvalue weighted by molar-refractivity contribution is 0.104. The van der Waals surface area contributed by atoms with Gasteiger partial charge in [0.25, 0.3) is 0 Å². The second-order valence-corrected chi connectivity index (χ2v) is 5.13. The van der Waals surface area contributed by atoms with Crippen LogP contribution in [0.5, 0.6) is 11.5 Å². The van der Waals surface area contributed by atoms with E-state index in [1.54, 1.807) is 29.5 Å². The number of carbonyl (C=O) groups is 1. The minimum atomic E-state index is -0.169. The van der Waals surface area contributed by atoms with Crippen LogP contribution in [0.4, 0.5) is 0 Å². The molecule has 0 atom stereocenters. The van der Waals surface area contributed by atoms with Crippen molar-refractivity contribution in [2.45, 2.75) is 0 Å². The second-order valence-electron chi connectivity index (χ2n) is 3.94. The Morgan fingerprint density at radius 3 is 2.60 bits per heavy atom. The normalized spacial score (nSPS) is 10.8. The summed E-state index contributed by atoms with van der Waals surface area (Å²) in [6, 6.07) is 5.10. The van der Waals surface area contributed by atoms with Crippen LogP contribution in [0.2, 0.25) is 5.02 Å². The zero-order valence-electron chi connectivity index (χ0n) is 11.1. The first-order valence-corrected chi connectivity index (χ1v) is 7.14. The van der Waals surface area contributed by atoms with Crippen LogP contribution >= 0.6 is 22.9 Å². The maximum atomic E-state index is 12.2. The Bertz CT molecular complexity index is 633. The van der Waals surface area contributed by atoms with E-state index in [-0.39, 0.29) is 5.78 Å². The number of ether oxygens (including phenoxy) is 2. The summed E-state index contributed by atoms with van der Waals surface area (Å²) in [5.74, 6) is 0.741. The van der Waals surface area contributed by atoms with Gasteiger partial charge < -0.3 is 9.47 Å². The first kappa shape index (κ1) is 14.6. The van der Waals surface area contributed by atoms with Crippen molar-refractivity contribution in [3.63, 3.8) is 0 Å². The van der Waals surface area contributed by atoms with Crippen LogP contribution in [-0.4, -0.2) is 20.0 Å². The maximum Gasteiger partial charge on any atom is 0.189 e. The summed E-state index contributed by atoms with van der Waals surface area (Å²) in [5, 5.41) is 4.29. The van der Waals surface area contributed by atoms with Gasteiger partial charge in [0.1, 0.15) is 11.5 Å². The molecule has 3 nitrogen and oxygen atoms in total. The molecule has 0 unspecified atom stereocenters. The number of ketones is 1. The third-order valence-electron chi connectivity index (χ3n) is 2.71. The Morgan fingerprint density at radius 1 is 1.25 bits per heavy atom. The molecule has 0 radical (unpaired) electrons. The standard InChI is InChI=1S/C15H13ClO3S/c1-18-14-8-15(19-2)12(16)7-11(14)13(17)4-3-10-5-6-20-9-10/h3-9H,1-2H3/b4-3+. The van der Waals surface area contributed by atoms with Gasteiger partial charge in [-0.1, -0.05) is 17.7 Å². The molecule has 0 spiro atoms. The molecule has 0 aliphatic rings. The summed E-state index contributed by atoms with van der Waals surface area (Å²) in [4.78, 5) is 12.2. The van der Waals surface area contributed by atoms with E-state index in [2.05, 4.69) is 0 Å². The lowest BCUT2D eigenvalue weighted by Gasteiger charge is -2.10. The predicted octanol–water partition coefficient (Wildman–Crippen LogP) is 4.31. The molecule has 104 valence electrons. The van der Waals surface area contributed by atoms with E-state index in [1.807, 2.05) is 16.8 Å². The van der Waals surface area contributed by atoms with Gasteiger partial charge in [0.05, 0.1) is 24.8 Å². The molecule has 0 fully saturated rings. The number of hydrogen-bond acceptors (Lipinski definition) is 4. The van der Waals surface area contributed by atoms with Crippen molar-refractivity contribution >= 4 is 34.8 Å². The van der Waals surface area contributed by atoms with Gasteiger partial charge in [-0.25, -0.2) is 0 Å². The number of benzene rings is 1. The molecular formula is C15H13ClO3S. The smallest absolute Gasteiger partial charge is 0.189 e. The highest BCUT2D eigenvalue weighted by atomic mass is 35.5.